The van der Waals surface area contributed by atoms with Gasteiger partial charge in [-0.05, 0) is 54.8 Å². The van der Waals surface area contributed by atoms with Crippen molar-refractivity contribution in [1.29, 1.82) is 0 Å². The lowest BCUT2D eigenvalue weighted by atomic mass is 9.93. The molecule has 2 aromatic rings. The SMILES string of the molecule is O=C1NC(=O)N(C2CCCCC2)C(=O)C1=Cc1cc(Br)ccc1OCc1ccc([N+](=O)[O-])cc1. The van der Waals surface area contributed by atoms with E-state index in [4.69, 9.17) is 4.74 Å². The van der Waals surface area contributed by atoms with Crippen LogP contribution in [-0.2, 0) is 16.2 Å². The number of hydrogen-bond donors (Lipinski definition) is 1. The Kier molecular flexibility index (Phi) is 7.06. The number of benzene rings is 2. The number of urea groups is 1. The fraction of sp³-hybridized carbons (Fsp3) is 0.292. The Bertz CT molecular complexity index is 1170. The Morgan fingerprint density at radius 2 is 1.79 bits per heavy atom. The smallest absolute Gasteiger partial charge is 0.331 e. The Morgan fingerprint density at radius 3 is 2.47 bits per heavy atom. The average molecular weight is 528 g/mol. The second kappa shape index (κ2) is 10.2. The number of carbonyl (C=O) groups is 3. The molecule has 0 bridgehead atoms. The quantitative estimate of drug-likeness (QED) is 0.251. The first-order chi connectivity index (χ1) is 16.3. The number of barbiturate groups is 1. The molecule has 1 heterocycles. The summed E-state index contributed by atoms with van der Waals surface area (Å²) in [6, 6.07) is 10.2. The molecule has 2 aromatic carbocycles. The summed E-state index contributed by atoms with van der Waals surface area (Å²) in [4.78, 5) is 49.7. The molecule has 0 aromatic heterocycles. The molecule has 1 N–H and O–H groups in total. The highest BCUT2D eigenvalue weighted by Crippen LogP contribution is 2.30. The standard InChI is InChI=1S/C24H22BrN3O6/c25-17-8-11-21(34-14-15-6-9-19(10-7-15)28(32)33)16(12-17)13-20-22(29)26-24(31)27(23(20)30)18-4-2-1-3-5-18/h6-13,18H,1-5,14H2,(H,26,29,31). The summed E-state index contributed by atoms with van der Waals surface area (Å²) in [5.74, 6) is -0.943. The molecule has 2 fully saturated rings. The minimum atomic E-state index is -0.747. The van der Waals surface area contributed by atoms with Crippen molar-refractivity contribution in [3.8, 4) is 5.75 Å². The van der Waals surface area contributed by atoms with E-state index in [0.717, 1.165) is 32.1 Å². The van der Waals surface area contributed by atoms with E-state index in [1.807, 2.05) is 0 Å². The van der Waals surface area contributed by atoms with Gasteiger partial charge < -0.3 is 4.74 Å². The second-order valence-electron chi connectivity index (χ2n) is 8.18. The Labute approximate surface area is 204 Å². The first-order valence-corrected chi connectivity index (χ1v) is 11.7. The third-order valence-corrected chi connectivity index (χ3v) is 6.38. The van der Waals surface area contributed by atoms with Gasteiger partial charge in [0.15, 0.2) is 0 Å². The highest BCUT2D eigenvalue weighted by Gasteiger charge is 2.40. The average Bonchev–Trinajstić information content (AvgIpc) is 2.82. The van der Waals surface area contributed by atoms with E-state index in [9.17, 15) is 24.5 Å². The van der Waals surface area contributed by atoms with E-state index in [-0.39, 0.29) is 23.9 Å². The normalized spacial score (nSPS) is 18.2. The van der Waals surface area contributed by atoms with Crippen LogP contribution in [0.5, 0.6) is 5.75 Å². The Hall–Kier alpha value is -3.53. The molecule has 1 aliphatic heterocycles. The zero-order valence-electron chi connectivity index (χ0n) is 18.2. The Balaban J connectivity index is 1.59. The van der Waals surface area contributed by atoms with Gasteiger partial charge in [-0.15, -0.1) is 0 Å². The van der Waals surface area contributed by atoms with Crippen LogP contribution in [0.4, 0.5) is 10.5 Å². The van der Waals surface area contributed by atoms with E-state index in [1.54, 1.807) is 30.3 Å². The van der Waals surface area contributed by atoms with E-state index in [0.29, 0.717) is 21.3 Å². The molecule has 176 valence electrons. The second-order valence-corrected chi connectivity index (χ2v) is 9.09. The van der Waals surface area contributed by atoms with Crippen molar-refractivity contribution in [2.75, 3.05) is 0 Å². The van der Waals surface area contributed by atoms with Gasteiger partial charge in [0, 0.05) is 28.2 Å². The monoisotopic (exact) mass is 527 g/mol. The molecule has 9 nitrogen and oxygen atoms in total. The lowest BCUT2D eigenvalue weighted by molar-refractivity contribution is -0.384. The highest BCUT2D eigenvalue weighted by molar-refractivity contribution is 9.10. The van der Waals surface area contributed by atoms with E-state index >= 15 is 0 Å². The number of carbonyl (C=O) groups excluding carboxylic acids is 3. The topological polar surface area (TPSA) is 119 Å². The molecule has 1 aliphatic carbocycles. The van der Waals surface area contributed by atoms with Crippen LogP contribution in [0.3, 0.4) is 0 Å². The maximum atomic E-state index is 13.2. The van der Waals surface area contributed by atoms with Gasteiger partial charge in [-0.1, -0.05) is 35.2 Å². The fourth-order valence-corrected chi connectivity index (χ4v) is 4.51. The number of hydrogen-bond acceptors (Lipinski definition) is 6. The van der Waals surface area contributed by atoms with Crippen LogP contribution in [0.25, 0.3) is 6.08 Å². The first kappa shape index (κ1) is 23.6. The van der Waals surface area contributed by atoms with E-state index < -0.39 is 22.8 Å². The van der Waals surface area contributed by atoms with Gasteiger partial charge in [-0.25, -0.2) is 4.79 Å². The molecule has 0 spiro atoms. The number of ether oxygens (including phenoxy) is 1. The zero-order chi connectivity index (χ0) is 24.2. The summed E-state index contributed by atoms with van der Waals surface area (Å²) in [7, 11) is 0. The summed E-state index contributed by atoms with van der Waals surface area (Å²) < 4.78 is 6.61. The minimum Gasteiger partial charge on any atom is -0.488 e. The van der Waals surface area contributed by atoms with Crippen molar-refractivity contribution < 1.29 is 24.0 Å². The summed E-state index contributed by atoms with van der Waals surface area (Å²) in [5, 5.41) is 13.1. The van der Waals surface area contributed by atoms with Crippen LogP contribution in [-0.4, -0.2) is 33.7 Å². The summed E-state index contributed by atoms with van der Waals surface area (Å²) in [6.45, 7) is 0.128. The van der Waals surface area contributed by atoms with E-state index in [2.05, 4.69) is 21.2 Å². The molecule has 0 unspecified atom stereocenters. The molecule has 4 rings (SSSR count). The molecule has 1 saturated heterocycles. The number of nitrogens with one attached hydrogen (secondary N) is 1. The van der Waals surface area contributed by atoms with Gasteiger partial charge in [0.2, 0.25) is 0 Å². The molecule has 1 saturated carbocycles. The molecule has 34 heavy (non-hydrogen) atoms. The van der Waals surface area contributed by atoms with Crippen LogP contribution in [0.1, 0.15) is 43.2 Å². The van der Waals surface area contributed by atoms with Crippen molar-refractivity contribution in [2.24, 2.45) is 0 Å². The number of rotatable bonds is 6. The molecule has 0 atom stereocenters. The van der Waals surface area contributed by atoms with Crippen LogP contribution in [0.15, 0.2) is 52.5 Å². The van der Waals surface area contributed by atoms with Crippen molar-refractivity contribution in [3.05, 3.63) is 73.8 Å². The zero-order valence-corrected chi connectivity index (χ0v) is 19.7. The molecule has 4 amide bonds. The summed E-state index contributed by atoms with van der Waals surface area (Å²) in [6.07, 6.45) is 5.80. The molecule has 2 aliphatic rings. The van der Waals surface area contributed by atoms with E-state index in [1.165, 1.54) is 23.1 Å². The number of amides is 4. The largest absolute Gasteiger partial charge is 0.488 e. The van der Waals surface area contributed by atoms with Crippen LogP contribution >= 0.6 is 15.9 Å². The van der Waals surface area contributed by atoms with Crippen molar-refractivity contribution in [2.45, 2.75) is 44.8 Å². The van der Waals surface area contributed by atoms with Crippen molar-refractivity contribution in [1.82, 2.24) is 10.2 Å². The van der Waals surface area contributed by atoms with Crippen molar-refractivity contribution >= 4 is 45.5 Å². The summed E-state index contributed by atoms with van der Waals surface area (Å²) in [5.41, 5.74) is 1.04. The number of nitro benzene ring substituents is 1. The predicted octanol–water partition coefficient (Wildman–Crippen LogP) is 4.73. The first-order valence-electron chi connectivity index (χ1n) is 10.9. The van der Waals surface area contributed by atoms with Gasteiger partial charge in [-0.2, -0.15) is 0 Å². The number of halogens is 1. The molecular formula is C24H22BrN3O6. The molecule has 0 radical (unpaired) electrons. The van der Waals surface area contributed by atoms with Gasteiger partial charge >= 0.3 is 6.03 Å². The maximum absolute atomic E-state index is 13.2. The maximum Gasteiger partial charge on any atom is 0.331 e. The fourth-order valence-electron chi connectivity index (χ4n) is 4.14. The third kappa shape index (κ3) is 5.17. The van der Waals surface area contributed by atoms with Crippen LogP contribution < -0.4 is 10.1 Å². The number of non-ortho nitro benzene ring substituents is 1. The minimum absolute atomic E-state index is 0.0169. The highest BCUT2D eigenvalue weighted by atomic mass is 79.9. The van der Waals surface area contributed by atoms with Gasteiger partial charge in [0.05, 0.1) is 4.92 Å². The van der Waals surface area contributed by atoms with Gasteiger partial charge in [-0.3, -0.25) is 29.9 Å². The summed E-state index contributed by atoms with van der Waals surface area (Å²) >= 11 is 3.39. The Morgan fingerprint density at radius 1 is 1.09 bits per heavy atom. The predicted molar refractivity (Wildman–Crippen MR) is 127 cm³/mol. The lowest BCUT2D eigenvalue weighted by Gasteiger charge is -2.35. The van der Waals surface area contributed by atoms with Crippen LogP contribution in [0.2, 0.25) is 0 Å². The van der Waals surface area contributed by atoms with Crippen molar-refractivity contribution in [3.63, 3.8) is 0 Å². The van der Waals surface area contributed by atoms with Gasteiger partial charge in [0.25, 0.3) is 17.5 Å². The number of imide groups is 2. The molecular weight excluding hydrogens is 506 g/mol. The lowest BCUT2D eigenvalue weighted by Crippen LogP contribution is -2.58. The van der Waals surface area contributed by atoms with Gasteiger partial charge in [0.1, 0.15) is 17.9 Å². The number of nitro groups is 1. The number of nitrogens with zero attached hydrogens (tertiary/aromatic N) is 2. The third-order valence-electron chi connectivity index (χ3n) is 5.89. The molecule has 10 heteroatoms. The van der Waals surface area contributed by atoms with Crippen LogP contribution in [0, 0.1) is 10.1 Å².